The molecule has 0 aliphatic carbocycles. The summed E-state index contributed by atoms with van der Waals surface area (Å²) in [6.45, 7) is 5.32. The van der Waals surface area contributed by atoms with Gasteiger partial charge < -0.3 is 5.11 Å². The van der Waals surface area contributed by atoms with E-state index < -0.39 is 17.8 Å². The van der Waals surface area contributed by atoms with Gasteiger partial charge in [0.2, 0.25) is 5.83 Å². The van der Waals surface area contributed by atoms with E-state index in [4.69, 9.17) is 9.90 Å². The van der Waals surface area contributed by atoms with Crippen LogP contribution in [0.25, 0.3) is 0 Å². The van der Waals surface area contributed by atoms with Crippen molar-refractivity contribution in [2.45, 2.75) is 0 Å². The van der Waals surface area contributed by atoms with Crippen LogP contribution in [-0.4, -0.2) is 17.1 Å². The van der Waals surface area contributed by atoms with Crippen LogP contribution in [0.1, 0.15) is 0 Å². The molecule has 0 heterocycles. The van der Waals surface area contributed by atoms with Gasteiger partial charge >= 0.3 is 12.0 Å². The molecule has 0 aromatic carbocycles. The summed E-state index contributed by atoms with van der Waals surface area (Å²) in [5.41, 5.74) is 0. The Balaban J connectivity index is 0. The minimum Gasteiger partial charge on any atom is -0.476 e. The van der Waals surface area contributed by atoms with Gasteiger partial charge in [-0.05, 0) is 0 Å². The van der Waals surface area contributed by atoms with Crippen molar-refractivity contribution in [3.8, 4) is 0 Å². The van der Waals surface area contributed by atoms with Gasteiger partial charge in [0.05, 0.1) is 0 Å². The number of carbonyl (C=O) groups excluding carboxylic acids is 1. The summed E-state index contributed by atoms with van der Waals surface area (Å²) >= 11 is 0. The van der Waals surface area contributed by atoms with Gasteiger partial charge in [-0.25, -0.2) is 4.79 Å². The Labute approximate surface area is 61.6 Å². The Hall–Kier alpha value is -1.52. The van der Waals surface area contributed by atoms with E-state index in [9.17, 15) is 13.6 Å². The van der Waals surface area contributed by atoms with Crippen LogP contribution in [0.4, 0.5) is 8.78 Å². The molecular formula is C6H6F2O3. The fraction of sp³-hybridized carbons (Fsp3) is 0. The summed E-state index contributed by atoms with van der Waals surface area (Å²) in [7, 11) is 0. The van der Waals surface area contributed by atoms with Crippen molar-refractivity contribution in [1.82, 2.24) is 0 Å². The Morgan fingerprint density at radius 3 is 1.55 bits per heavy atom. The van der Waals surface area contributed by atoms with Gasteiger partial charge in [0.1, 0.15) is 0 Å². The molecule has 0 radical (unpaired) electrons. The number of hydrogen-bond acceptors (Lipinski definition) is 2. The topological polar surface area (TPSA) is 54.4 Å². The zero-order chi connectivity index (χ0) is 9.44. The first kappa shape index (κ1) is 12.2. The van der Waals surface area contributed by atoms with Crippen molar-refractivity contribution < 1.29 is 23.5 Å². The normalized spacial score (nSPS) is 7.09. The maximum absolute atomic E-state index is 11.0. The number of carboxylic acid groups (broad SMARTS) is 1. The molecule has 1 N–H and O–H groups in total. The van der Waals surface area contributed by atoms with Crippen LogP contribution in [0.5, 0.6) is 0 Å². The van der Waals surface area contributed by atoms with Crippen molar-refractivity contribution in [2.75, 3.05) is 0 Å². The van der Waals surface area contributed by atoms with Crippen LogP contribution >= 0.6 is 0 Å². The minimum atomic E-state index is -1.60. The molecule has 0 bridgehead atoms. The lowest BCUT2D eigenvalue weighted by Gasteiger charge is -1.75. The largest absolute Gasteiger partial charge is 0.476 e. The monoisotopic (exact) mass is 164 g/mol. The molecular weight excluding hydrogens is 158 g/mol. The van der Waals surface area contributed by atoms with Crippen LogP contribution in [0, 0.1) is 0 Å². The van der Waals surface area contributed by atoms with E-state index in [0.29, 0.717) is 6.08 Å². The Morgan fingerprint density at radius 2 is 1.55 bits per heavy atom. The van der Waals surface area contributed by atoms with Crippen molar-refractivity contribution in [2.24, 2.45) is 0 Å². The SMILES string of the molecule is C=C(F)C(=O)O.C=CC(=O)F. The smallest absolute Gasteiger partial charge is 0.364 e. The number of hydrogen-bond donors (Lipinski definition) is 1. The zero-order valence-electron chi connectivity index (χ0n) is 5.51. The summed E-state index contributed by atoms with van der Waals surface area (Å²) in [6.07, 6.45) is 0.611. The van der Waals surface area contributed by atoms with Crippen LogP contribution in [0.2, 0.25) is 0 Å². The average Bonchev–Trinajstić information content (AvgIpc) is 1.89. The number of allylic oxidation sites excluding steroid dienone is 1. The molecule has 0 aliphatic heterocycles. The second-order valence-electron chi connectivity index (χ2n) is 1.22. The quantitative estimate of drug-likeness (QED) is 0.493. The highest BCUT2D eigenvalue weighted by atomic mass is 19.1. The Morgan fingerprint density at radius 1 is 1.36 bits per heavy atom. The second-order valence-corrected chi connectivity index (χ2v) is 1.22. The highest BCUT2D eigenvalue weighted by Crippen LogP contribution is 1.86. The standard InChI is InChI=1S/C3H3FO2.C3H3FO/c1-2(4)3(5)6;1-2-3(4)5/h1H2,(H,5,6);2H,1H2. The fourth-order valence-corrected chi connectivity index (χ4v) is 0. The number of halogens is 2. The summed E-state index contributed by atoms with van der Waals surface area (Å²) in [5, 5.41) is 7.52. The number of aliphatic carboxylic acids is 1. The molecule has 0 fully saturated rings. The van der Waals surface area contributed by atoms with E-state index in [1.165, 1.54) is 0 Å². The number of rotatable bonds is 2. The van der Waals surface area contributed by atoms with Crippen LogP contribution in [0.15, 0.2) is 25.1 Å². The van der Waals surface area contributed by atoms with Crippen molar-refractivity contribution >= 4 is 12.0 Å². The molecule has 0 rings (SSSR count). The fourth-order valence-electron chi connectivity index (χ4n) is 0. The minimum absolute atomic E-state index is 0.611. The van der Waals surface area contributed by atoms with Crippen LogP contribution < -0.4 is 0 Å². The Kier molecular flexibility index (Phi) is 7.31. The molecule has 5 heteroatoms. The van der Waals surface area contributed by atoms with Gasteiger partial charge in [0.25, 0.3) is 0 Å². The van der Waals surface area contributed by atoms with E-state index in [2.05, 4.69) is 13.2 Å². The van der Waals surface area contributed by atoms with E-state index >= 15 is 0 Å². The number of carbonyl (C=O) groups is 2. The molecule has 3 nitrogen and oxygen atoms in total. The molecule has 0 atom stereocenters. The lowest BCUT2D eigenvalue weighted by atomic mass is 10.6. The van der Waals surface area contributed by atoms with Crippen LogP contribution in [-0.2, 0) is 9.59 Å². The first-order valence-electron chi connectivity index (χ1n) is 2.31. The highest BCUT2D eigenvalue weighted by Gasteiger charge is 1.96. The maximum atomic E-state index is 11.0. The lowest BCUT2D eigenvalue weighted by Crippen LogP contribution is -1.90. The molecule has 0 aromatic heterocycles. The molecule has 0 aromatic rings. The summed E-state index contributed by atoms with van der Waals surface area (Å²) in [6, 6.07) is -1.48. The van der Waals surface area contributed by atoms with Gasteiger partial charge in [-0.1, -0.05) is 13.2 Å². The van der Waals surface area contributed by atoms with Crippen molar-refractivity contribution in [3.63, 3.8) is 0 Å². The van der Waals surface area contributed by atoms with E-state index in [-0.39, 0.29) is 0 Å². The molecule has 11 heavy (non-hydrogen) atoms. The molecule has 0 aliphatic rings. The predicted octanol–water partition coefficient (Wildman–Crippen LogP) is 1.22. The molecule has 0 spiro atoms. The first-order chi connectivity index (χ1) is 4.91. The third kappa shape index (κ3) is 17.7. The van der Waals surface area contributed by atoms with Gasteiger partial charge in [0, 0.05) is 6.08 Å². The third-order valence-electron chi connectivity index (χ3n) is 0.393. The molecule has 0 saturated heterocycles. The lowest BCUT2D eigenvalue weighted by molar-refractivity contribution is -0.134. The van der Waals surface area contributed by atoms with Crippen molar-refractivity contribution in [1.29, 1.82) is 0 Å². The molecule has 0 unspecified atom stereocenters. The van der Waals surface area contributed by atoms with Crippen LogP contribution in [0.3, 0.4) is 0 Å². The van der Waals surface area contributed by atoms with Gasteiger partial charge in [-0.15, -0.1) is 0 Å². The Bertz CT molecular complexity index is 174. The van der Waals surface area contributed by atoms with Gasteiger partial charge in [-0.3, -0.25) is 4.79 Å². The molecule has 62 valence electrons. The maximum Gasteiger partial charge on any atom is 0.364 e. The zero-order valence-corrected chi connectivity index (χ0v) is 5.51. The van der Waals surface area contributed by atoms with E-state index in [1.807, 2.05) is 0 Å². The van der Waals surface area contributed by atoms with E-state index in [1.54, 1.807) is 0 Å². The summed E-state index contributed by atoms with van der Waals surface area (Å²) in [5.74, 6) is -2.93. The van der Waals surface area contributed by atoms with Gasteiger partial charge in [-0.2, -0.15) is 8.78 Å². The second kappa shape index (κ2) is 6.60. The number of carboxylic acids is 1. The highest BCUT2D eigenvalue weighted by molar-refractivity contribution is 5.83. The first-order valence-corrected chi connectivity index (χ1v) is 2.31. The van der Waals surface area contributed by atoms with Gasteiger partial charge in [0.15, 0.2) is 0 Å². The molecule has 0 saturated carbocycles. The van der Waals surface area contributed by atoms with Crippen molar-refractivity contribution in [3.05, 3.63) is 25.1 Å². The summed E-state index contributed by atoms with van der Waals surface area (Å²) < 4.78 is 21.7. The summed E-state index contributed by atoms with van der Waals surface area (Å²) in [4.78, 5) is 18.3. The molecule has 0 amide bonds. The predicted molar refractivity (Wildman–Crippen MR) is 34.2 cm³/mol. The van der Waals surface area contributed by atoms with E-state index in [0.717, 1.165) is 0 Å². The third-order valence-corrected chi connectivity index (χ3v) is 0.393. The average molecular weight is 164 g/mol.